The molecule has 0 radical (unpaired) electrons. The van der Waals surface area contributed by atoms with Gasteiger partial charge in [-0.05, 0) is 33.1 Å². The molecular weight excluding hydrogens is 192 g/mol. The first-order valence-corrected chi connectivity index (χ1v) is 5.68. The second kappa shape index (κ2) is 4.84. The standard InChI is InChI=1S/C11H22N2O2/c1-4-11(2,3)15-10(14)13-7-5-6-9(12)8-13/h9H,4-8,12H2,1-3H3/t9-/m1/s1. The highest BCUT2D eigenvalue weighted by molar-refractivity contribution is 5.68. The van der Waals surface area contributed by atoms with Crippen molar-refractivity contribution in [1.82, 2.24) is 4.90 Å². The summed E-state index contributed by atoms with van der Waals surface area (Å²) in [4.78, 5) is 13.5. The Morgan fingerprint density at radius 3 is 2.80 bits per heavy atom. The van der Waals surface area contributed by atoms with Crippen LogP contribution in [0.2, 0.25) is 0 Å². The molecule has 0 spiro atoms. The molecule has 1 saturated heterocycles. The smallest absolute Gasteiger partial charge is 0.410 e. The van der Waals surface area contributed by atoms with Gasteiger partial charge >= 0.3 is 6.09 Å². The van der Waals surface area contributed by atoms with Crippen LogP contribution in [0.15, 0.2) is 0 Å². The average Bonchev–Trinajstić information content (AvgIpc) is 2.17. The monoisotopic (exact) mass is 214 g/mol. The Hall–Kier alpha value is -0.770. The van der Waals surface area contributed by atoms with E-state index in [1.165, 1.54) is 0 Å². The summed E-state index contributed by atoms with van der Waals surface area (Å²) in [7, 11) is 0. The third kappa shape index (κ3) is 3.70. The van der Waals surface area contributed by atoms with Gasteiger partial charge in [-0.2, -0.15) is 0 Å². The predicted octanol–water partition coefficient (Wildman–Crippen LogP) is 1.73. The first kappa shape index (κ1) is 12.3. The fourth-order valence-electron chi connectivity index (χ4n) is 1.55. The number of ether oxygens (including phenoxy) is 1. The average molecular weight is 214 g/mol. The number of hydrogen-bond acceptors (Lipinski definition) is 3. The van der Waals surface area contributed by atoms with Gasteiger partial charge in [0.25, 0.3) is 0 Å². The molecule has 0 bridgehead atoms. The van der Waals surface area contributed by atoms with Gasteiger partial charge in [0.15, 0.2) is 0 Å². The van der Waals surface area contributed by atoms with E-state index < -0.39 is 0 Å². The van der Waals surface area contributed by atoms with Gasteiger partial charge in [-0.3, -0.25) is 0 Å². The van der Waals surface area contributed by atoms with Crippen LogP contribution in [0.4, 0.5) is 4.79 Å². The zero-order valence-corrected chi connectivity index (χ0v) is 9.95. The van der Waals surface area contributed by atoms with Crippen molar-refractivity contribution in [3.63, 3.8) is 0 Å². The second-order valence-electron chi connectivity index (χ2n) is 4.83. The molecule has 1 heterocycles. The topological polar surface area (TPSA) is 55.6 Å². The molecular formula is C11H22N2O2. The summed E-state index contributed by atoms with van der Waals surface area (Å²) in [5.74, 6) is 0. The summed E-state index contributed by atoms with van der Waals surface area (Å²) in [5.41, 5.74) is 5.43. The summed E-state index contributed by atoms with van der Waals surface area (Å²) >= 11 is 0. The molecule has 0 aromatic heterocycles. The van der Waals surface area contributed by atoms with Crippen molar-refractivity contribution in [2.45, 2.75) is 51.7 Å². The van der Waals surface area contributed by atoms with E-state index in [0.29, 0.717) is 6.54 Å². The summed E-state index contributed by atoms with van der Waals surface area (Å²) in [6.45, 7) is 7.25. The van der Waals surface area contributed by atoms with Crippen LogP contribution < -0.4 is 5.73 Å². The maximum absolute atomic E-state index is 11.8. The van der Waals surface area contributed by atoms with Gasteiger partial charge in [0.1, 0.15) is 5.60 Å². The Balaban J connectivity index is 2.46. The van der Waals surface area contributed by atoms with Crippen LogP contribution in [0, 0.1) is 0 Å². The highest BCUT2D eigenvalue weighted by atomic mass is 16.6. The molecule has 0 aromatic rings. The molecule has 1 amide bonds. The number of nitrogens with two attached hydrogens (primary N) is 1. The molecule has 0 aromatic carbocycles. The fourth-order valence-corrected chi connectivity index (χ4v) is 1.55. The quantitative estimate of drug-likeness (QED) is 0.761. The van der Waals surface area contributed by atoms with E-state index >= 15 is 0 Å². The minimum Gasteiger partial charge on any atom is -0.443 e. The van der Waals surface area contributed by atoms with Gasteiger partial charge in [-0.1, -0.05) is 6.92 Å². The molecule has 4 nitrogen and oxygen atoms in total. The molecule has 1 aliphatic heterocycles. The molecule has 1 rings (SSSR count). The molecule has 0 aliphatic carbocycles. The van der Waals surface area contributed by atoms with E-state index in [4.69, 9.17) is 10.5 Å². The summed E-state index contributed by atoms with van der Waals surface area (Å²) in [6, 6.07) is 0.107. The predicted molar refractivity (Wildman–Crippen MR) is 59.6 cm³/mol. The van der Waals surface area contributed by atoms with E-state index in [-0.39, 0.29) is 17.7 Å². The van der Waals surface area contributed by atoms with Crippen molar-refractivity contribution in [2.75, 3.05) is 13.1 Å². The Morgan fingerprint density at radius 1 is 1.60 bits per heavy atom. The molecule has 15 heavy (non-hydrogen) atoms. The Morgan fingerprint density at radius 2 is 2.27 bits per heavy atom. The lowest BCUT2D eigenvalue weighted by atomic mass is 10.1. The van der Waals surface area contributed by atoms with Gasteiger partial charge in [-0.15, -0.1) is 0 Å². The SMILES string of the molecule is CCC(C)(C)OC(=O)N1CCC[C@@H](N)C1. The second-order valence-corrected chi connectivity index (χ2v) is 4.83. The highest BCUT2D eigenvalue weighted by Crippen LogP contribution is 2.17. The molecule has 0 unspecified atom stereocenters. The van der Waals surface area contributed by atoms with Crippen molar-refractivity contribution in [3.05, 3.63) is 0 Å². The van der Waals surface area contributed by atoms with E-state index in [0.717, 1.165) is 25.8 Å². The number of likely N-dealkylation sites (tertiary alicyclic amines) is 1. The third-order valence-corrected chi connectivity index (χ3v) is 2.93. The molecule has 1 atom stereocenters. The summed E-state index contributed by atoms with van der Waals surface area (Å²) in [5, 5.41) is 0. The lowest BCUT2D eigenvalue weighted by molar-refractivity contribution is 0.00712. The Labute approximate surface area is 91.8 Å². The van der Waals surface area contributed by atoms with Crippen LogP contribution in [0.25, 0.3) is 0 Å². The molecule has 4 heteroatoms. The van der Waals surface area contributed by atoms with E-state index in [2.05, 4.69) is 0 Å². The van der Waals surface area contributed by atoms with Crippen LogP contribution in [0.5, 0.6) is 0 Å². The van der Waals surface area contributed by atoms with Crippen LogP contribution >= 0.6 is 0 Å². The first-order valence-electron chi connectivity index (χ1n) is 5.68. The number of carbonyl (C=O) groups excluding carboxylic acids is 1. The summed E-state index contributed by atoms with van der Waals surface area (Å²) in [6.07, 6.45) is 2.57. The van der Waals surface area contributed by atoms with Crippen LogP contribution in [-0.2, 0) is 4.74 Å². The van der Waals surface area contributed by atoms with Crippen molar-refractivity contribution in [2.24, 2.45) is 5.73 Å². The molecule has 88 valence electrons. The number of carbonyl (C=O) groups is 1. The summed E-state index contributed by atoms with van der Waals surface area (Å²) < 4.78 is 5.41. The minimum atomic E-state index is -0.376. The third-order valence-electron chi connectivity index (χ3n) is 2.93. The van der Waals surface area contributed by atoms with Crippen molar-refractivity contribution in [3.8, 4) is 0 Å². The van der Waals surface area contributed by atoms with Gasteiger partial charge in [0.2, 0.25) is 0 Å². The number of rotatable bonds is 2. The van der Waals surface area contributed by atoms with Gasteiger partial charge in [-0.25, -0.2) is 4.79 Å². The molecule has 2 N–H and O–H groups in total. The maximum atomic E-state index is 11.8. The number of amides is 1. The lowest BCUT2D eigenvalue weighted by Crippen LogP contribution is -2.47. The van der Waals surface area contributed by atoms with E-state index in [1.54, 1.807) is 4.90 Å². The largest absolute Gasteiger partial charge is 0.443 e. The first-order chi connectivity index (χ1) is 6.94. The lowest BCUT2D eigenvalue weighted by Gasteiger charge is -2.33. The Bertz CT molecular complexity index is 229. The zero-order chi connectivity index (χ0) is 11.5. The van der Waals surface area contributed by atoms with Crippen molar-refractivity contribution in [1.29, 1.82) is 0 Å². The zero-order valence-electron chi connectivity index (χ0n) is 9.95. The van der Waals surface area contributed by atoms with Crippen LogP contribution in [0.3, 0.4) is 0 Å². The molecule has 1 fully saturated rings. The number of hydrogen-bond donors (Lipinski definition) is 1. The van der Waals surface area contributed by atoms with Crippen molar-refractivity contribution >= 4 is 6.09 Å². The highest BCUT2D eigenvalue weighted by Gasteiger charge is 2.27. The van der Waals surface area contributed by atoms with E-state index in [1.807, 2.05) is 20.8 Å². The molecule has 1 aliphatic rings. The number of nitrogens with zero attached hydrogens (tertiary/aromatic N) is 1. The fraction of sp³-hybridized carbons (Fsp3) is 0.909. The normalized spacial score (nSPS) is 22.7. The van der Waals surface area contributed by atoms with E-state index in [9.17, 15) is 4.79 Å². The van der Waals surface area contributed by atoms with Gasteiger partial charge in [0, 0.05) is 19.1 Å². The maximum Gasteiger partial charge on any atom is 0.410 e. The van der Waals surface area contributed by atoms with Gasteiger partial charge < -0.3 is 15.4 Å². The Kier molecular flexibility index (Phi) is 3.97. The van der Waals surface area contributed by atoms with Crippen molar-refractivity contribution < 1.29 is 9.53 Å². The van der Waals surface area contributed by atoms with Crippen LogP contribution in [-0.4, -0.2) is 35.7 Å². The number of piperidine rings is 1. The molecule has 0 saturated carbocycles. The van der Waals surface area contributed by atoms with Crippen LogP contribution in [0.1, 0.15) is 40.0 Å². The van der Waals surface area contributed by atoms with Gasteiger partial charge in [0.05, 0.1) is 0 Å². The minimum absolute atomic E-state index is 0.107.